The third-order valence-corrected chi connectivity index (χ3v) is 5.75. The molecule has 0 bridgehead atoms. The molecule has 1 N–H and O–H groups in total. The minimum atomic E-state index is -0.389. The highest BCUT2D eigenvalue weighted by Crippen LogP contribution is 2.36. The zero-order valence-electron chi connectivity index (χ0n) is 17.2. The van der Waals surface area contributed by atoms with Gasteiger partial charge < -0.3 is 19.5 Å². The molecular formula is C22H22N4O4S. The van der Waals surface area contributed by atoms with Gasteiger partial charge in [0.15, 0.2) is 22.5 Å². The molecule has 31 heavy (non-hydrogen) atoms. The predicted molar refractivity (Wildman–Crippen MR) is 119 cm³/mol. The van der Waals surface area contributed by atoms with E-state index in [9.17, 15) is 4.79 Å². The number of aromatic nitrogens is 3. The molecule has 0 radical (unpaired) electrons. The number of thioether (sulfide) groups is 1. The van der Waals surface area contributed by atoms with Gasteiger partial charge in [0.2, 0.25) is 12.7 Å². The quantitative estimate of drug-likeness (QED) is 0.420. The molecule has 8 nitrogen and oxygen atoms in total. The number of carbonyl (C=O) groups is 1. The van der Waals surface area contributed by atoms with Gasteiger partial charge in [-0.2, -0.15) is 0 Å². The second-order valence-corrected chi connectivity index (χ2v) is 8.06. The van der Waals surface area contributed by atoms with Crippen molar-refractivity contribution in [3.8, 4) is 28.6 Å². The standard InChI is InChI=1S/C22H22N4O4S/c1-4-11-26-20(15-5-10-18-19(12-15)30-13-29-18)24-25-22(26)31-14(2)21(27)23-16-6-8-17(28-3)9-7-16/h4-10,12,14H,1,11,13H2,2-3H3,(H,23,27)/t14-/m0/s1. The number of fused-ring (bicyclic) bond motifs is 1. The van der Waals surface area contributed by atoms with Crippen molar-refractivity contribution in [3.05, 3.63) is 55.1 Å². The van der Waals surface area contributed by atoms with Crippen LogP contribution in [0.15, 0.2) is 60.3 Å². The van der Waals surface area contributed by atoms with Crippen LogP contribution in [0.4, 0.5) is 5.69 Å². The maximum atomic E-state index is 12.7. The molecule has 1 atom stereocenters. The lowest BCUT2D eigenvalue weighted by Crippen LogP contribution is -2.23. The van der Waals surface area contributed by atoms with Crippen LogP contribution >= 0.6 is 11.8 Å². The molecule has 4 rings (SSSR count). The van der Waals surface area contributed by atoms with E-state index in [-0.39, 0.29) is 18.0 Å². The SMILES string of the molecule is C=CCn1c(S[C@@H](C)C(=O)Nc2ccc(OC)cc2)nnc1-c1ccc2c(c1)OCO2. The Labute approximate surface area is 184 Å². The Morgan fingerprint density at radius 1 is 1.26 bits per heavy atom. The highest BCUT2D eigenvalue weighted by atomic mass is 32.2. The fraction of sp³-hybridized carbons (Fsp3) is 0.227. The summed E-state index contributed by atoms with van der Waals surface area (Å²) < 4.78 is 17.9. The number of hydrogen-bond donors (Lipinski definition) is 1. The van der Waals surface area contributed by atoms with Crippen LogP contribution < -0.4 is 19.5 Å². The van der Waals surface area contributed by atoms with Crippen molar-refractivity contribution in [1.82, 2.24) is 14.8 Å². The van der Waals surface area contributed by atoms with Crippen LogP contribution in [0.3, 0.4) is 0 Å². The van der Waals surface area contributed by atoms with Gasteiger partial charge in [0.05, 0.1) is 12.4 Å². The van der Waals surface area contributed by atoms with Crippen LogP contribution in [-0.2, 0) is 11.3 Å². The summed E-state index contributed by atoms with van der Waals surface area (Å²) in [5, 5.41) is 11.8. The highest BCUT2D eigenvalue weighted by Gasteiger charge is 2.22. The molecule has 1 amide bonds. The Morgan fingerprint density at radius 2 is 2.03 bits per heavy atom. The van der Waals surface area contributed by atoms with Crippen molar-refractivity contribution in [3.63, 3.8) is 0 Å². The maximum Gasteiger partial charge on any atom is 0.237 e. The topological polar surface area (TPSA) is 87.5 Å². The lowest BCUT2D eigenvalue weighted by Gasteiger charge is -2.13. The van der Waals surface area contributed by atoms with Crippen molar-refractivity contribution >= 4 is 23.4 Å². The summed E-state index contributed by atoms with van der Waals surface area (Å²) in [6.45, 7) is 6.38. The molecule has 0 spiro atoms. The molecule has 1 aromatic heterocycles. The summed E-state index contributed by atoms with van der Waals surface area (Å²) in [6.07, 6.45) is 1.77. The highest BCUT2D eigenvalue weighted by molar-refractivity contribution is 8.00. The number of amides is 1. The van der Waals surface area contributed by atoms with Crippen LogP contribution in [0.25, 0.3) is 11.4 Å². The number of carbonyl (C=O) groups excluding carboxylic acids is 1. The van der Waals surface area contributed by atoms with E-state index in [0.717, 1.165) is 11.3 Å². The van der Waals surface area contributed by atoms with E-state index in [1.807, 2.05) is 29.7 Å². The van der Waals surface area contributed by atoms with E-state index in [1.54, 1.807) is 37.5 Å². The average molecular weight is 439 g/mol. The van der Waals surface area contributed by atoms with Gasteiger partial charge in [-0.15, -0.1) is 16.8 Å². The number of benzene rings is 2. The summed E-state index contributed by atoms with van der Waals surface area (Å²) in [5.41, 5.74) is 1.55. The molecule has 0 saturated heterocycles. The smallest absolute Gasteiger partial charge is 0.237 e. The van der Waals surface area contributed by atoms with E-state index in [4.69, 9.17) is 14.2 Å². The lowest BCUT2D eigenvalue weighted by molar-refractivity contribution is -0.115. The van der Waals surface area contributed by atoms with Crippen molar-refractivity contribution in [2.75, 3.05) is 19.2 Å². The van der Waals surface area contributed by atoms with Crippen LogP contribution in [-0.4, -0.2) is 39.8 Å². The Morgan fingerprint density at radius 3 is 2.77 bits per heavy atom. The summed E-state index contributed by atoms with van der Waals surface area (Å²) in [6, 6.07) is 12.8. The number of rotatable bonds is 8. The van der Waals surface area contributed by atoms with E-state index < -0.39 is 0 Å². The summed E-state index contributed by atoms with van der Waals surface area (Å²) in [7, 11) is 1.60. The lowest BCUT2D eigenvalue weighted by atomic mass is 10.2. The second kappa shape index (κ2) is 9.13. The van der Waals surface area contributed by atoms with Gasteiger partial charge in [-0.05, 0) is 49.4 Å². The van der Waals surface area contributed by atoms with Gasteiger partial charge >= 0.3 is 0 Å². The number of anilines is 1. The third kappa shape index (κ3) is 4.51. The molecule has 160 valence electrons. The normalized spacial score (nSPS) is 13.0. The van der Waals surface area contributed by atoms with Crippen molar-refractivity contribution in [1.29, 1.82) is 0 Å². The third-order valence-electron chi connectivity index (χ3n) is 4.67. The van der Waals surface area contributed by atoms with Crippen LogP contribution in [0.5, 0.6) is 17.2 Å². The fourth-order valence-electron chi connectivity index (χ4n) is 3.05. The molecule has 2 heterocycles. The van der Waals surface area contributed by atoms with E-state index >= 15 is 0 Å². The monoisotopic (exact) mass is 438 g/mol. The Kier molecular flexibility index (Phi) is 6.13. The molecule has 0 unspecified atom stereocenters. The number of methoxy groups -OCH3 is 1. The van der Waals surface area contributed by atoms with Gasteiger partial charge in [-0.1, -0.05) is 17.8 Å². The fourth-order valence-corrected chi connectivity index (χ4v) is 3.91. The average Bonchev–Trinajstić information content (AvgIpc) is 3.41. The van der Waals surface area contributed by atoms with Gasteiger partial charge in [0, 0.05) is 17.8 Å². The number of nitrogens with zero attached hydrogens (tertiary/aromatic N) is 3. The first-order valence-electron chi connectivity index (χ1n) is 9.64. The summed E-state index contributed by atoms with van der Waals surface area (Å²) in [4.78, 5) is 12.7. The van der Waals surface area contributed by atoms with Gasteiger partial charge in [-0.3, -0.25) is 9.36 Å². The van der Waals surface area contributed by atoms with Crippen LogP contribution in [0, 0.1) is 0 Å². The van der Waals surface area contributed by atoms with E-state index in [1.165, 1.54) is 11.8 Å². The molecular weight excluding hydrogens is 416 g/mol. The van der Waals surface area contributed by atoms with Crippen molar-refractivity contribution in [2.24, 2.45) is 0 Å². The minimum absolute atomic E-state index is 0.132. The van der Waals surface area contributed by atoms with E-state index in [2.05, 4.69) is 22.1 Å². The molecule has 3 aromatic rings. The van der Waals surface area contributed by atoms with Gasteiger partial charge in [-0.25, -0.2) is 0 Å². The van der Waals surface area contributed by atoms with E-state index in [0.29, 0.717) is 34.7 Å². The number of hydrogen-bond acceptors (Lipinski definition) is 7. The summed E-state index contributed by atoms with van der Waals surface area (Å²) in [5.74, 6) is 2.65. The van der Waals surface area contributed by atoms with Crippen LogP contribution in [0.1, 0.15) is 6.92 Å². The minimum Gasteiger partial charge on any atom is -0.497 e. The number of allylic oxidation sites excluding steroid dienone is 1. The van der Waals surface area contributed by atoms with Gasteiger partial charge in [0.1, 0.15) is 5.75 Å². The first-order valence-corrected chi connectivity index (χ1v) is 10.5. The van der Waals surface area contributed by atoms with Crippen molar-refractivity contribution in [2.45, 2.75) is 23.9 Å². The molecule has 1 aliphatic rings. The first-order chi connectivity index (χ1) is 15.1. The molecule has 2 aromatic carbocycles. The first kappa shape index (κ1) is 20.8. The zero-order valence-corrected chi connectivity index (χ0v) is 18.0. The number of nitrogens with one attached hydrogen (secondary N) is 1. The molecule has 0 fully saturated rings. The largest absolute Gasteiger partial charge is 0.497 e. The Hall–Kier alpha value is -3.46. The van der Waals surface area contributed by atoms with Crippen molar-refractivity contribution < 1.29 is 19.0 Å². The zero-order chi connectivity index (χ0) is 21.8. The number of ether oxygens (including phenoxy) is 3. The van der Waals surface area contributed by atoms with Gasteiger partial charge in [0.25, 0.3) is 0 Å². The van der Waals surface area contributed by atoms with Crippen LogP contribution in [0.2, 0.25) is 0 Å². The Balaban J connectivity index is 1.51. The summed E-state index contributed by atoms with van der Waals surface area (Å²) >= 11 is 1.34. The Bertz CT molecular complexity index is 1100. The molecule has 0 aliphatic carbocycles. The molecule has 9 heteroatoms. The second-order valence-electron chi connectivity index (χ2n) is 6.75. The molecule has 0 saturated carbocycles. The molecule has 1 aliphatic heterocycles. The maximum absolute atomic E-state index is 12.7. The predicted octanol–water partition coefficient (Wildman–Crippen LogP) is 3.99.